The predicted octanol–water partition coefficient (Wildman–Crippen LogP) is 4.89. The number of nitrogens with one attached hydrogen (secondary N) is 2. The fourth-order valence-corrected chi connectivity index (χ4v) is 4.86. The molecule has 2 unspecified atom stereocenters. The number of aryl methyl sites for hydroxylation is 2. The zero-order valence-corrected chi connectivity index (χ0v) is 21.5. The molecule has 1 fully saturated rings. The molecule has 0 saturated carbocycles. The van der Waals surface area contributed by atoms with E-state index in [1.807, 2.05) is 28.8 Å². The largest absolute Gasteiger partial charge is 0.464 e. The van der Waals surface area contributed by atoms with Gasteiger partial charge in [-0.05, 0) is 43.7 Å². The van der Waals surface area contributed by atoms with Crippen molar-refractivity contribution in [1.29, 1.82) is 0 Å². The van der Waals surface area contributed by atoms with Crippen molar-refractivity contribution in [3.63, 3.8) is 0 Å². The van der Waals surface area contributed by atoms with Gasteiger partial charge in [0.2, 0.25) is 5.91 Å². The molecule has 192 valence electrons. The van der Waals surface area contributed by atoms with Gasteiger partial charge in [-0.3, -0.25) is 4.79 Å². The molecule has 2 aromatic heterocycles. The lowest BCUT2D eigenvalue weighted by molar-refractivity contribution is -0.119. The van der Waals surface area contributed by atoms with Crippen molar-refractivity contribution < 1.29 is 19.1 Å². The molecule has 36 heavy (non-hydrogen) atoms. The lowest BCUT2D eigenvalue weighted by Crippen LogP contribution is -2.24. The summed E-state index contributed by atoms with van der Waals surface area (Å²) in [4.78, 5) is 30.9. The number of rotatable bonds is 10. The molecule has 2 N–H and O–H groups in total. The first kappa shape index (κ1) is 25.7. The van der Waals surface area contributed by atoms with Gasteiger partial charge in [0.25, 0.3) is 0 Å². The number of benzene rings is 1. The normalized spacial score (nSPS) is 16.3. The lowest BCUT2D eigenvalue weighted by Gasteiger charge is -2.17. The van der Waals surface area contributed by atoms with Crippen LogP contribution in [0.5, 0.6) is 0 Å². The third-order valence-electron chi connectivity index (χ3n) is 6.53. The van der Waals surface area contributed by atoms with Crippen molar-refractivity contribution in [2.75, 3.05) is 31.0 Å². The number of aromatic nitrogens is 2. The average molecular weight is 493 g/mol. The molecular weight excluding hydrogens is 456 g/mol. The van der Waals surface area contributed by atoms with Crippen LogP contribution in [-0.2, 0) is 27.2 Å². The second-order valence-corrected chi connectivity index (χ2v) is 9.92. The summed E-state index contributed by atoms with van der Waals surface area (Å²) in [6, 6.07) is 12.3. The maximum atomic E-state index is 13.1. The summed E-state index contributed by atoms with van der Waals surface area (Å²) < 4.78 is 12.4. The predicted molar refractivity (Wildman–Crippen MR) is 141 cm³/mol. The number of carbonyl (C=O) groups excluding carboxylic acids is 2. The topological polar surface area (TPSA) is 94.5 Å². The first-order valence-electron chi connectivity index (χ1n) is 12.7. The molecule has 0 radical (unpaired) electrons. The van der Waals surface area contributed by atoms with Gasteiger partial charge >= 0.3 is 5.97 Å². The van der Waals surface area contributed by atoms with Gasteiger partial charge in [-0.25, -0.2) is 9.78 Å². The number of hydrogen-bond acceptors (Lipinski definition) is 6. The summed E-state index contributed by atoms with van der Waals surface area (Å²) in [5.41, 5.74) is 3.35. The van der Waals surface area contributed by atoms with Crippen LogP contribution in [0, 0.1) is 11.8 Å². The molecule has 8 nitrogen and oxygen atoms in total. The standard InChI is InChI=1S/C28H36N4O4/c1-18(2)14-19(3)30-22-15-23-24(31-27(33)21-11-13-36-17-21)25(28(34)35-4)32(26(23)29-16-22)12-10-20-8-6-5-7-9-20/h5-9,15-16,18-19,21,30H,10-14,17H2,1-4H3,(H,31,33). The molecular formula is C28H36N4O4. The van der Waals surface area contributed by atoms with Gasteiger partial charge in [-0.15, -0.1) is 0 Å². The van der Waals surface area contributed by atoms with Gasteiger partial charge in [0, 0.05) is 24.6 Å². The number of fused-ring (bicyclic) bond motifs is 1. The first-order chi connectivity index (χ1) is 17.4. The van der Waals surface area contributed by atoms with Crippen molar-refractivity contribution in [1.82, 2.24) is 9.55 Å². The molecule has 3 heterocycles. The average Bonchev–Trinajstić information content (AvgIpc) is 3.49. The number of methoxy groups -OCH3 is 1. The Morgan fingerprint density at radius 1 is 1.22 bits per heavy atom. The van der Waals surface area contributed by atoms with E-state index in [-0.39, 0.29) is 17.9 Å². The van der Waals surface area contributed by atoms with Crippen molar-refractivity contribution in [2.24, 2.45) is 11.8 Å². The van der Waals surface area contributed by atoms with Gasteiger partial charge in [0.15, 0.2) is 5.69 Å². The number of hydrogen-bond donors (Lipinski definition) is 2. The summed E-state index contributed by atoms with van der Waals surface area (Å²) in [5.74, 6) is -0.371. The Morgan fingerprint density at radius 2 is 2.00 bits per heavy atom. The molecule has 8 heteroatoms. The van der Waals surface area contributed by atoms with Crippen LogP contribution in [0.4, 0.5) is 11.4 Å². The number of amides is 1. The van der Waals surface area contributed by atoms with Gasteiger partial charge in [-0.1, -0.05) is 44.2 Å². The van der Waals surface area contributed by atoms with Crippen LogP contribution in [0.3, 0.4) is 0 Å². The van der Waals surface area contributed by atoms with E-state index in [9.17, 15) is 9.59 Å². The van der Waals surface area contributed by atoms with Crippen molar-refractivity contribution in [3.05, 3.63) is 53.9 Å². The Kier molecular flexibility index (Phi) is 8.25. The van der Waals surface area contributed by atoms with E-state index in [0.29, 0.717) is 60.9 Å². The van der Waals surface area contributed by atoms with E-state index in [4.69, 9.17) is 14.5 Å². The maximum Gasteiger partial charge on any atom is 0.356 e. The van der Waals surface area contributed by atoms with Crippen LogP contribution in [0.25, 0.3) is 11.0 Å². The summed E-state index contributed by atoms with van der Waals surface area (Å²) in [7, 11) is 1.35. The molecule has 3 aromatic rings. The van der Waals surface area contributed by atoms with Crippen molar-refractivity contribution in [3.8, 4) is 0 Å². The number of pyridine rings is 1. The zero-order chi connectivity index (χ0) is 25.7. The molecule has 2 atom stereocenters. The molecule has 1 aromatic carbocycles. The highest BCUT2D eigenvalue weighted by atomic mass is 16.5. The minimum atomic E-state index is -0.512. The molecule has 4 rings (SSSR count). The second kappa shape index (κ2) is 11.6. The van der Waals surface area contributed by atoms with Crippen LogP contribution in [-0.4, -0.2) is 47.8 Å². The molecule has 0 aliphatic carbocycles. The van der Waals surface area contributed by atoms with E-state index in [1.165, 1.54) is 7.11 Å². The Morgan fingerprint density at radius 3 is 2.67 bits per heavy atom. The lowest BCUT2D eigenvalue weighted by atomic mass is 10.1. The molecule has 0 bridgehead atoms. The zero-order valence-electron chi connectivity index (χ0n) is 21.5. The number of esters is 1. The number of ether oxygens (including phenoxy) is 2. The van der Waals surface area contributed by atoms with E-state index >= 15 is 0 Å². The fourth-order valence-electron chi connectivity index (χ4n) is 4.86. The van der Waals surface area contributed by atoms with E-state index in [2.05, 4.69) is 43.5 Å². The van der Waals surface area contributed by atoms with Crippen molar-refractivity contribution in [2.45, 2.75) is 52.6 Å². The molecule has 1 amide bonds. The van der Waals surface area contributed by atoms with Crippen molar-refractivity contribution >= 4 is 34.3 Å². The first-order valence-corrected chi connectivity index (χ1v) is 12.7. The smallest absolute Gasteiger partial charge is 0.356 e. The third kappa shape index (κ3) is 5.87. The Balaban J connectivity index is 1.77. The summed E-state index contributed by atoms with van der Waals surface area (Å²) >= 11 is 0. The summed E-state index contributed by atoms with van der Waals surface area (Å²) in [6.45, 7) is 7.97. The van der Waals surface area contributed by atoms with Gasteiger partial charge < -0.3 is 24.7 Å². The summed E-state index contributed by atoms with van der Waals surface area (Å²) in [6.07, 6.45) is 4.15. The number of carbonyl (C=O) groups is 2. The molecule has 1 aliphatic rings. The van der Waals surface area contributed by atoms with E-state index < -0.39 is 5.97 Å². The van der Waals surface area contributed by atoms with E-state index in [1.54, 1.807) is 6.20 Å². The highest BCUT2D eigenvalue weighted by molar-refractivity contribution is 6.11. The Labute approximate surface area is 212 Å². The quantitative estimate of drug-likeness (QED) is 0.392. The van der Waals surface area contributed by atoms with Gasteiger partial charge in [0.1, 0.15) is 5.65 Å². The van der Waals surface area contributed by atoms with Gasteiger partial charge in [0.05, 0.1) is 37.2 Å². The second-order valence-electron chi connectivity index (χ2n) is 9.92. The molecule has 1 saturated heterocycles. The third-order valence-corrected chi connectivity index (χ3v) is 6.53. The van der Waals surface area contributed by atoms with Crippen LogP contribution < -0.4 is 10.6 Å². The SMILES string of the molecule is COC(=O)c1c(NC(=O)C2CCOC2)c2cc(NC(C)CC(C)C)cnc2n1CCc1ccccc1. The highest BCUT2D eigenvalue weighted by Gasteiger charge is 2.30. The highest BCUT2D eigenvalue weighted by Crippen LogP contribution is 2.34. The van der Waals surface area contributed by atoms with Crippen LogP contribution in [0.2, 0.25) is 0 Å². The van der Waals surface area contributed by atoms with Crippen LogP contribution >= 0.6 is 0 Å². The number of anilines is 2. The van der Waals surface area contributed by atoms with E-state index in [0.717, 1.165) is 17.7 Å². The minimum absolute atomic E-state index is 0.161. The fraction of sp³-hybridized carbons (Fsp3) is 0.464. The van der Waals surface area contributed by atoms with Crippen LogP contribution in [0.15, 0.2) is 42.6 Å². The maximum absolute atomic E-state index is 13.1. The summed E-state index contributed by atoms with van der Waals surface area (Å²) in [5, 5.41) is 7.25. The molecule has 0 spiro atoms. The minimum Gasteiger partial charge on any atom is -0.464 e. The Hall–Kier alpha value is -3.39. The van der Waals surface area contributed by atoms with Gasteiger partial charge in [-0.2, -0.15) is 0 Å². The monoisotopic (exact) mass is 492 g/mol. The van der Waals surface area contributed by atoms with Crippen LogP contribution in [0.1, 0.15) is 49.7 Å². The molecule has 1 aliphatic heterocycles. The Bertz CT molecular complexity index is 1200. The number of nitrogens with zero attached hydrogens (tertiary/aromatic N) is 2.